The maximum atomic E-state index is 12.5. The van der Waals surface area contributed by atoms with Gasteiger partial charge in [0.2, 0.25) is 0 Å². The average molecular weight is 390 g/mol. The van der Waals surface area contributed by atoms with Crippen molar-refractivity contribution in [2.45, 2.75) is 32.9 Å². The van der Waals surface area contributed by atoms with Crippen LogP contribution >= 0.6 is 0 Å². The Labute approximate surface area is 170 Å². The fourth-order valence-electron chi connectivity index (χ4n) is 3.25. The van der Waals surface area contributed by atoms with Crippen LogP contribution in [0.5, 0.6) is 0 Å². The highest BCUT2D eigenvalue weighted by molar-refractivity contribution is 5.48. The normalized spacial score (nSPS) is 11.2. The molecule has 0 radical (unpaired) electrons. The molecule has 0 saturated carbocycles. The van der Waals surface area contributed by atoms with Gasteiger partial charge in [-0.15, -0.1) is 0 Å². The van der Waals surface area contributed by atoms with Crippen LogP contribution in [0.2, 0.25) is 0 Å². The minimum atomic E-state index is -0.437. The van der Waals surface area contributed by atoms with Crippen molar-refractivity contribution >= 4 is 6.08 Å². The molecular weight excluding hydrogens is 364 g/mol. The van der Waals surface area contributed by atoms with Gasteiger partial charge in [0.15, 0.2) is 0 Å². The van der Waals surface area contributed by atoms with Crippen molar-refractivity contribution in [3.05, 3.63) is 110 Å². The second kappa shape index (κ2) is 10.4. The number of hydrogen-bond donors (Lipinski definition) is 1. The zero-order valence-electron chi connectivity index (χ0n) is 16.6. The fourth-order valence-corrected chi connectivity index (χ4v) is 3.25. The lowest BCUT2D eigenvalue weighted by Crippen LogP contribution is -2.36. The molecule has 0 atom stereocenters. The van der Waals surface area contributed by atoms with Gasteiger partial charge in [0, 0.05) is 17.7 Å². The van der Waals surface area contributed by atoms with Crippen LogP contribution < -0.4 is 11.2 Å². The highest BCUT2D eigenvalue weighted by atomic mass is 16.5. The topological polar surface area (TPSA) is 64.1 Å². The first kappa shape index (κ1) is 20.6. The van der Waals surface area contributed by atoms with E-state index in [1.54, 1.807) is 0 Å². The summed E-state index contributed by atoms with van der Waals surface area (Å²) in [4.78, 5) is 27.3. The van der Waals surface area contributed by atoms with Gasteiger partial charge >= 0.3 is 5.69 Å². The second-order valence-electron chi connectivity index (χ2n) is 6.84. The summed E-state index contributed by atoms with van der Waals surface area (Å²) in [6.45, 7) is 2.48. The van der Waals surface area contributed by atoms with Crippen molar-refractivity contribution in [2.75, 3.05) is 6.61 Å². The van der Waals surface area contributed by atoms with Crippen LogP contribution in [0.1, 0.15) is 35.7 Å². The summed E-state index contributed by atoms with van der Waals surface area (Å²) in [5.41, 5.74) is 2.77. The Morgan fingerprint density at radius 3 is 2.38 bits per heavy atom. The highest BCUT2D eigenvalue weighted by Crippen LogP contribution is 2.12. The van der Waals surface area contributed by atoms with Gasteiger partial charge in [-0.2, -0.15) is 0 Å². The van der Waals surface area contributed by atoms with E-state index in [2.05, 4.69) is 4.98 Å². The summed E-state index contributed by atoms with van der Waals surface area (Å²) >= 11 is 0. The van der Waals surface area contributed by atoms with Gasteiger partial charge < -0.3 is 4.74 Å². The molecule has 0 bridgehead atoms. The second-order valence-corrected chi connectivity index (χ2v) is 6.84. The summed E-state index contributed by atoms with van der Waals surface area (Å²) in [6.07, 6.45) is 5.84. The SMILES string of the molecule is CCCc1c(Cc2ccccc2)n(COC/C=C/c2ccccc2)c(=O)[nH]c1=O. The molecule has 1 heterocycles. The number of ether oxygens (including phenoxy) is 1. The molecule has 0 amide bonds. The number of benzene rings is 2. The molecule has 150 valence electrons. The van der Waals surface area contributed by atoms with E-state index < -0.39 is 5.69 Å². The van der Waals surface area contributed by atoms with Crippen molar-refractivity contribution < 1.29 is 4.74 Å². The number of nitrogens with zero attached hydrogens (tertiary/aromatic N) is 1. The molecule has 0 aliphatic carbocycles. The summed E-state index contributed by atoms with van der Waals surface area (Å²) in [7, 11) is 0. The predicted molar refractivity (Wildman–Crippen MR) is 116 cm³/mol. The third-order valence-corrected chi connectivity index (χ3v) is 4.67. The lowest BCUT2D eigenvalue weighted by molar-refractivity contribution is 0.0944. The molecule has 2 aromatic carbocycles. The Morgan fingerprint density at radius 2 is 1.69 bits per heavy atom. The Bertz CT molecular complexity index is 1050. The Hall–Kier alpha value is -3.18. The van der Waals surface area contributed by atoms with Gasteiger partial charge in [0.1, 0.15) is 6.73 Å². The van der Waals surface area contributed by atoms with Crippen molar-refractivity contribution in [2.24, 2.45) is 0 Å². The zero-order chi connectivity index (χ0) is 20.5. The molecule has 3 aromatic rings. The third kappa shape index (κ3) is 5.65. The molecule has 0 fully saturated rings. The van der Waals surface area contributed by atoms with Crippen LogP contribution in [0.15, 0.2) is 76.3 Å². The molecule has 0 aliphatic heterocycles. The van der Waals surface area contributed by atoms with Gasteiger partial charge in [-0.1, -0.05) is 86.2 Å². The fraction of sp³-hybridized carbons (Fsp3) is 0.250. The van der Waals surface area contributed by atoms with E-state index in [-0.39, 0.29) is 12.3 Å². The van der Waals surface area contributed by atoms with Crippen molar-refractivity contribution in [3.8, 4) is 0 Å². The first-order chi connectivity index (χ1) is 14.2. The molecule has 5 heteroatoms. The third-order valence-electron chi connectivity index (χ3n) is 4.67. The van der Waals surface area contributed by atoms with Gasteiger partial charge in [-0.05, 0) is 17.5 Å². The number of rotatable bonds is 9. The number of aromatic nitrogens is 2. The minimum absolute atomic E-state index is 0.0909. The maximum Gasteiger partial charge on any atom is 0.330 e. The lowest BCUT2D eigenvalue weighted by Gasteiger charge is -2.16. The Kier molecular flexibility index (Phi) is 7.36. The molecule has 1 aromatic heterocycles. The summed E-state index contributed by atoms with van der Waals surface area (Å²) in [5, 5.41) is 0. The number of aromatic amines is 1. The van der Waals surface area contributed by atoms with Crippen LogP contribution in [0.4, 0.5) is 0 Å². The monoisotopic (exact) mass is 390 g/mol. The van der Waals surface area contributed by atoms with Crippen LogP contribution in [-0.2, 0) is 24.3 Å². The Balaban J connectivity index is 1.80. The molecule has 5 nitrogen and oxygen atoms in total. The van der Waals surface area contributed by atoms with E-state index in [4.69, 9.17) is 4.74 Å². The maximum absolute atomic E-state index is 12.5. The van der Waals surface area contributed by atoms with Gasteiger partial charge in [0.25, 0.3) is 5.56 Å². The van der Waals surface area contributed by atoms with Gasteiger partial charge in [0.05, 0.1) is 6.61 Å². The van der Waals surface area contributed by atoms with E-state index in [9.17, 15) is 9.59 Å². The Morgan fingerprint density at radius 1 is 1.00 bits per heavy atom. The standard InChI is InChI=1S/C24H26N2O3/c1-2-10-21-22(17-20-13-7-4-8-14-20)26(24(28)25-23(21)27)18-29-16-9-15-19-11-5-3-6-12-19/h3-9,11-15H,2,10,16-18H2,1H3,(H,25,27,28)/b15-9+. The van der Waals surface area contributed by atoms with Crippen LogP contribution in [0.25, 0.3) is 6.08 Å². The van der Waals surface area contributed by atoms with Crippen molar-refractivity contribution in [1.29, 1.82) is 0 Å². The summed E-state index contributed by atoms with van der Waals surface area (Å²) in [6, 6.07) is 19.8. The number of hydrogen-bond acceptors (Lipinski definition) is 3. The van der Waals surface area contributed by atoms with Crippen LogP contribution in [0, 0.1) is 0 Å². The van der Waals surface area contributed by atoms with E-state index in [0.29, 0.717) is 25.0 Å². The van der Waals surface area contributed by atoms with E-state index in [0.717, 1.165) is 23.2 Å². The van der Waals surface area contributed by atoms with Crippen molar-refractivity contribution in [1.82, 2.24) is 9.55 Å². The number of H-pyrrole nitrogens is 1. The molecule has 3 rings (SSSR count). The summed E-state index contributed by atoms with van der Waals surface area (Å²) < 4.78 is 7.27. The minimum Gasteiger partial charge on any atom is -0.357 e. The predicted octanol–water partition coefficient (Wildman–Crippen LogP) is 3.77. The zero-order valence-corrected chi connectivity index (χ0v) is 16.6. The quantitative estimate of drug-likeness (QED) is 0.566. The highest BCUT2D eigenvalue weighted by Gasteiger charge is 2.15. The van der Waals surface area contributed by atoms with Gasteiger partial charge in [-0.3, -0.25) is 14.3 Å². The molecule has 0 spiro atoms. The molecule has 0 aliphatic rings. The van der Waals surface area contributed by atoms with Crippen LogP contribution in [0.3, 0.4) is 0 Å². The molecule has 1 N–H and O–H groups in total. The molecular formula is C24H26N2O3. The van der Waals surface area contributed by atoms with Crippen LogP contribution in [-0.4, -0.2) is 16.2 Å². The van der Waals surface area contributed by atoms with E-state index in [1.165, 1.54) is 4.57 Å². The first-order valence-corrected chi connectivity index (χ1v) is 9.87. The molecule has 0 unspecified atom stereocenters. The smallest absolute Gasteiger partial charge is 0.330 e. The lowest BCUT2D eigenvalue weighted by atomic mass is 10.0. The van der Waals surface area contributed by atoms with Crippen molar-refractivity contribution in [3.63, 3.8) is 0 Å². The number of nitrogens with one attached hydrogen (secondary N) is 1. The molecule has 0 saturated heterocycles. The average Bonchev–Trinajstić information content (AvgIpc) is 2.74. The van der Waals surface area contributed by atoms with E-state index in [1.807, 2.05) is 79.7 Å². The summed E-state index contributed by atoms with van der Waals surface area (Å²) in [5.74, 6) is 0. The first-order valence-electron chi connectivity index (χ1n) is 9.87. The van der Waals surface area contributed by atoms with Gasteiger partial charge in [-0.25, -0.2) is 4.79 Å². The largest absolute Gasteiger partial charge is 0.357 e. The molecule has 29 heavy (non-hydrogen) atoms. The van der Waals surface area contributed by atoms with E-state index >= 15 is 0 Å².